The van der Waals surface area contributed by atoms with Gasteiger partial charge in [0.05, 0.1) is 27.9 Å². The molecule has 0 spiro atoms. The molecular weight excluding hydrogens is 336 g/mol. The highest BCUT2D eigenvalue weighted by atomic mass is 32.2. The number of nitrogen functional groups attached to an aromatic ring is 1. The fourth-order valence-electron chi connectivity index (χ4n) is 2.32. The van der Waals surface area contributed by atoms with Crippen molar-refractivity contribution in [3.8, 4) is 17.3 Å². The number of nitrogens with two attached hydrogens (primary N) is 1. The van der Waals surface area contributed by atoms with E-state index in [9.17, 15) is 8.42 Å². The van der Waals surface area contributed by atoms with Gasteiger partial charge in [0.25, 0.3) is 10.0 Å². The summed E-state index contributed by atoms with van der Waals surface area (Å²) >= 11 is 0. The maximum Gasteiger partial charge on any atom is 0.261 e. The molecule has 0 saturated carbocycles. The summed E-state index contributed by atoms with van der Waals surface area (Å²) in [5.41, 5.74) is 7.38. The van der Waals surface area contributed by atoms with Crippen molar-refractivity contribution in [1.29, 1.82) is 5.26 Å². The quantitative estimate of drug-likeness (QED) is 0.752. The third-order valence-corrected chi connectivity index (χ3v) is 4.87. The Kier molecular flexibility index (Phi) is 4.37. The molecule has 0 bridgehead atoms. The lowest BCUT2D eigenvalue weighted by molar-refractivity contribution is 0.601. The van der Waals surface area contributed by atoms with Crippen LogP contribution in [0, 0.1) is 11.3 Å². The van der Waals surface area contributed by atoms with Gasteiger partial charge in [-0.1, -0.05) is 24.3 Å². The van der Waals surface area contributed by atoms with Crippen LogP contribution in [0.15, 0.2) is 71.6 Å². The van der Waals surface area contributed by atoms with Gasteiger partial charge in [-0.25, -0.2) is 13.4 Å². The van der Waals surface area contributed by atoms with Crippen molar-refractivity contribution in [2.45, 2.75) is 4.90 Å². The van der Waals surface area contributed by atoms with Gasteiger partial charge in [-0.15, -0.1) is 0 Å². The van der Waals surface area contributed by atoms with E-state index in [1.165, 1.54) is 12.1 Å². The van der Waals surface area contributed by atoms with E-state index in [0.717, 1.165) is 0 Å². The maximum absolute atomic E-state index is 12.6. The lowest BCUT2D eigenvalue weighted by atomic mass is 10.1. The van der Waals surface area contributed by atoms with Crippen LogP contribution in [-0.4, -0.2) is 13.4 Å². The van der Waals surface area contributed by atoms with E-state index in [4.69, 9.17) is 11.0 Å². The summed E-state index contributed by atoms with van der Waals surface area (Å²) in [6.45, 7) is 0. The molecular formula is C18H14N4O2S. The van der Waals surface area contributed by atoms with Crippen LogP contribution in [0.25, 0.3) is 11.3 Å². The maximum atomic E-state index is 12.6. The zero-order valence-corrected chi connectivity index (χ0v) is 13.9. The third-order valence-electron chi connectivity index (χ3n) is 3.49. The second kappa shape index (κ2) is 6.63. The zero-order chi connectivity index (χ0) is 17.9. The summed E-state index contributed by atoms with van der Waals surface area (Å²) in [6, 6.07) is 19.8. The Labute approximate surface area is 145 Å². The van der Waals surface area contributed by atoms with Gasteiger partial charge in [-0.05, 0) is 42.5 Å². The minimum Gasteiger partial charge on any atom is -0.384 e. The molecule has 0 aliphatic heterocycles. The molecule has 7 heteroatoms. The largest absolute Gasteiger partial charge is 0.384 e. The van der Waals surface area contributed by atoms with Gasteiger partial charge >= 0.3 is 0 Å². The summed E-state index contributed by atoms with van der Waals surface area (Å²) < 4.78 is 27.7. The highest BCUT2D eigenvalue weighted by Gasteiger charge is 2.17. The normalized spacial score (nSPS) is 10.8. The van der Waals surface area contributed by atoms with Crippen molar-refractivity contribution in [2.75, 3.05) is 10.5 Å². The SMILES string of the molecule is N#Cc1ccc(NS(=O)(=O)c2ccccc2)c(-c2cccc(N)n2)c1. The number of anilines is 2. The highest BCUT2D eigenvalue weighted by Crippen LogP contribution is 2.30. The lowest BCUT2D eigenvalue weighted by Crippen LogP contribution is -2.13. The topological polar surface area (TPSA) is 109 Å². The Hall–Kier alpha value is -3.37. The Morgan fingerprint density at radius 3 is 2.44 bits per heavy atom. The number of pyridine rings is 1. The average Bonchev–Trinajstić information content (AvgIpc) is 2.62. The first kappa shape index (κ1) is 16.5. The minimum atomic E-state index is -3.77. The molecule has 0 amide bonds. The zero-order valence-electron chi connectivity index (χ0n) is 13.0. The fourth-order valence-corrected chi connectivity index (χ4v) is 3.42. The molecule has 1 heterocycles. The Morgan fingerprint density at radius 2 is 1.76 bits per heavy atom. The molecule has 0 aliphatic carbocycles. The number of benzene rings is 2. The molecule has 0 fully saturated rings. The predicted molar refractivity (Wildman–Crippen MR) is 96.1 cm³/mol. The highest BCUT2D eigenvalue weighted by molar-refractivity contribution is 7.92. The number of nitrogens with zero attached hydrogens (tertiary/aromatic N) is 2. The van der Waals surface area contributed by atoms with Crippen molar-refractivity contribution in [2.24, 2.45) is 0 Å². The fraction of sp³-hybridized carbons (Fsp3) is 0. The van der Waals surface area contributed by atoms with Crippen molar-refractivity contribution >= 4 is 21.5 Å². The molecule has 2 aromatic carbocycles. The number of hydrogen-bond acceptors (Lipinski definition) is 5. The van der Waals surface area contributed by atoms with E-state index in [1.54, 1.807) is 54.6 Å². The molecule has 3 rings (SSSR count). The van der Waals surface area contributed by atoms with Gasteiger partial charge in [0.2, 0.25) is 0 Å². The van der Waals surface area contributed by atoms with Crippen LogP contribution in [0.5, 0.6) is 0 Å². The minimum absolute atomic E-state index is 0.144. The molecule has 1 aromatic heterocycles. The first-order chi connectivity index (χ1) is 12.0. The van der Waals surface area contributed by atoms with E-state index in [2.05, 4.69) is 9.71 Å². The van der Waals surface area contributed by atoms with Gasteiger partial charge in [-0.2, -0.15) is 5.26 Å². The second-order valence-electron chi connectivity index (χ2n) is 5.24. The molecule has 25 heavy (non-hydrogen) atoms. The molecule has 0 aliphatic rings. The van der Waals surface area contributed by atoms with Crippen LogP contribution in [0.3, 0.4) is 0 Å². The first-order valence-electron chi connectivity index (χ1n) is 7.34. The van der Waals surface area contributed by atoms with Gasteiger partial charge in [0, 0.05) is 5.56 Å². The van der Waals surface area contributed by atoms with Crippen LogP contribution in [0.1, 0.15) is 5.56 Å². The Balaban J connectivity index is 2.09. The Morgan fingerprint density at radius 1 is 1.00 bits per heavy atom. The molecule has 0 saturated heterocycles. The average molecular weight is 350 g/mol. The smallest absolute Gasteiger partial charge is 0.261 e. The van der Waals surface area contributed by atoms with Gasteiger partial charge < -0.3 is 5.73 Å². The summed E-state index contributed by atoms with van der Waals surface area (Å²) in [5, 5.41) is 9.13. The van der Waals surface area contributed by atoms with Crippen LogP contribution < -0.4 is 10.5 Å². The van der Waals surface area contributed by atoms with Crippen LogP contribution in [0.4, 0.5) is 11.5 Å². The van der Waals surface area contributed by atoms with E-state index >= 15 is 0 Å². The van der Waals surface area contributed by atoms with Crippen LogP contribution >= 0.6 is 0 Å². The monoisotopic (exact) mass is 350 g/mol. The van der Waals surface area contributed by atoms with E-state index in [-0.39, 0.29) is 4.90 Å². The third kappa shape index (κ3) is 3.59. The summed E-state index contributed by atoms with van der Waals surface area (Å²) in [6.07, 6.45) is 0. The Bertz CT molecular complexity index is 1060. The van der Waals surface area contributed by atoms with E-state index in [1.807, 2.05) is 6.07 Å². The number of nitriles is 1. The molecule has 124 valence electrons. The first-order valence-corrected chi connectivity index (χ1v) is 8.83. The number of sulfonamides is 1. The lowest BCUT2D eigenvalue weighted by Gasteiger charge is -2.13. The van der Waals surface area contributed by atoms with Crippen LogP contribution in [-0.2, 0) is 10.0 Å². The molecule has 6 nitrogen and oxygen atoms in total. The number of nitrogens with one attached hydrogen (secondary N) is 1. The van der Waals surface area contributed by atoms with Gasteiger partial charge in [-0.3, -0.25) is 4.72 Å². The molecule has 0 radical (unpaired) electrons. The standard InChI is InChI=1S/C18H14N4O2S/c19-12-13-9-10-17(15(11-13)16-7-4-8-18(20)21-16)22-25(23,24)14-5-2-1-3-6-14/h1-11,22H,(H2,20,21). The summed E-state index contributed by atoms with van der Waals surface area (Å²) in [4.78, 5) is 4.36. The molecule has 3 N–H and O–H groups in total. The molecule has 0 atom stereocenters. The number of rotatable bonds is 4. The number of aromatic nitrogens is 1. The van der Waals surface area contributed by atoms with Crippen LogP contribution in [0.2, 0.25) is 0 Å². The van der Waals surface area contributed by atoms with Crippen molar-refractivity contribution in [1.82, 2.24) is 4.98 Å². The number of hydrogen-bond donors (Lipinski definition) is 2. The van der Waals surface area contributed by atoms with Crippen molar-refractivity contribution < 1.29 is 8.42 Å². The molecule has 3 aromatic rings. The van der Waals surface area contributed by atoms with Gasteiger partial charge in [0.1, 0.15) is 5.82 Å². The molecule has 0 unspecified atom stereocenters. The van der Waals surface area contributed by atoms with Gasteiger partial charge in [0.15, 0.2) is 0 Å². The van der Waals surface area contributed by atoms with Crippen molar-refractivity contribution in [3.05, 3.63) is 72.3 Å². The summed E-state index contributed by atoms with van der Waals surface area (Å²) in [5.74, 6) is 0.303. The van der Waals surface area contributed by atoms with E-state index < -0.39 is 10.0 Å². The van der Waals surface area contributed by atoms with Crippen molar-refractivity contribution in [3.63, 3.8) is 0 Å². The van der Waals surface area contributed by atoms with E-state index in [0.29, 0.717) is 28.3 Å². The second-order valence-corrected chi connectivity index (χ2v) is 6.92. The predicted octanol–water partition coefficient (Wildman–Crippen LogP) is 3.00. The summed E-state index contributed by atoms with van der Waals surface area (Å²) in [7, 11) is -3.77.